The van der Waals surface area contributed by atoms with Crippen molar-refractivity contribution in [2.24, 2.45) is 0 Å². The molecule has 0 spiro atoms. The third-order valence-corrected chi connectivity index (χ3v) is 6.89. The highest BCUT2D eigenvalue weighted by atomic mass is 32.2. The third kappa shape index (κ3) is 5.86. The molecule has 1 fully saturated rings. The molecule has 1 N–H and O–H groups in total. The number of thioether (sulfide) groups is 1. The monoisotopic (exact) mass is 442 g/mol. The normalized spacial score (nSPS) is 14.5. The van der Waals surface area contributed by atoms with E-state index in [0.29, 0.717) is 18.1 Å². The van der Waals surface area contributed by atoms with E-state index in [-0.39, 0.29) is 5.91 Å². The van der Waals surface area contributed by atoms with E-state index in [1.807, 2.05) is 35.8 Å². The Labute approximate surface area is 185 Å². The molecule has 6 nitrogen and oxygen atoms in total. The van der Waals surface area contributed by atoms with Crippen molar-refractivity contribution in [3.63, 3.8) is 0 Å². The van der Waals surface area contributed by atoms with Crippen molar-refractivity contribution in [3.05, 3.63) is 53.2 Å². The fourth-order valence-corrected chi connectivity index (χ4v) is 4.87. The number of hydrogen-bond acceptors (Lipinski definition) is 7. The van der Waals surface area contributed by atoms with Gasteiger partial charge in [0.2, 0.25) is 5.91 Å². The second-order valence-electron chi connectivity index (χ2n) is 7.35. The summed E-state index contributed by atoms with van der Waals surface area (Å²) in [7, 11) is 0. The molecule has 1 amide bonds. The van der Waals surface area contributed by atoms with Crippen LogP contribution >= 0.6 is 23.1 Å². The van der Waals surface area contributed by atoms with Crippen LogP contribution in [0.2, 0.25) is 0 Å². The highest BCUT2D eigenvalue weighted by Gasteiger charge is 2.12. The SMILES string of the molecule is O=C(CSCc1cc(-c2cccs2)on1)NCc1ccnc(N2CCCCCC2)c1. The Morgan fingerprint density at radius 2 is 2.07 bits per heavy atom. The molecular formula is C22H26N4O2S2. The fraction of sp³-hybridized carbons (Fsp3) is 0.409. The zero-order valence-electron chi connectivity index (χ0n) is 16.9. The maximum Gasteiger partial charge on any atom is 0.230 e. The molecule has 3 aromatic rings. The van der Waals surface area contributed by atoms with Crippen LogP contribution in [0.25, 0.3) is 10.6 Å². The number of amides is 1. The number of aromatic nitrogens is 2. The number of carbonyl (C=O) groups excluding carboxylic acids is 1. The molecule has 1 aliphatic heterocycles. The Morgan fingerprint density at radius 3 is 2.87 bits per heavy atom. The first-order chi connectivity index (χ1) is 14.8. The van der Waals surface area contributed by atoms with Gasteiger partial charge in [0, 0.05) is 37.7 Å². The van der Waals surface area contributed by atoms with Crippen LogP contribution in [0.5, 0.6) is 0 Å². The van der Waals surface area contributed by atoms with Crippen molar-refractivity contribution in [3.8, 4) is 10.6 Å². The summed E-state index contributed by atoms with van der Waals surface area (Å²) in [5.74, 6) is 2.87. The number of carbonyl (C=O) groups is 1. The molecule has 0 atom stereocenters. The number of nitrogens with one attached hydrogen (secondary N) is 1. The number of nitrogens with zero attached hydrogens (tertiary/aromatic N) is 3. The summed E-state index contributed by atoms with van der Waals surface area (Å²) < 4.78 is 5.38. The molecule has 1 aliphatic rings. The lowest BCUT2D eigenvalue weighted by atomic mass is 10.2. The highest BCUT2D eigenvalue weighted by Crippen LogP contribution is 2.26. The van der Waals surface area contributed by atoms with Crippen molar-refractivity contribution in [1.29, 1.82) is 0 Å². The van der Waals surface area contributed by atoms with Crippen LogP contribution in [-0.2, 0) is 17.1 Å². The summed E-state index contributed by atoms with van der Waals surface area (Å²) in [4.78, 5) is 20.2. The molecule has 8 heteroatoms. The van der Waals surface area contributed by atoms with Gasteiger partial charge >= 0.3 is 0 Å². The fourth-order valence-electron chi connectivity index (χ4n) is 3.46. The lowest BCUT2D eigenvalue weighted by molar-refractivity contribution is -0.118. The average molecular weight is 443 g/mol. The minimum Gasteiger partial charge on any atom is -0.357 e. The van der Waals surface area contributed by atoms with Gasteiger partial charge in [-0.05, 0) is 42.0 Å². The Kier molecular flexibility index (Phi) is 7.42. The van der Waals surface area contributed by atoms with Crippen LogP contribution in [0.4, 0.5) is 5.82 Å². The second kappa shape index (κ2) is 10.6. The number of hydrogen-bond donors (Lipinski definition) is 1. The second-order valence-corrected chi connectivity index (χ2v) is 9.29. The minimum atomic E-state index is 0.0232. The molecule has 0 unspecified atom stereocenters. The predicted molar refractivity (Wildman–Crippen MR) is 123 cm³/mol. The molecule has 0 aromatic carbocycles. The molecule has 30 heavy (non-hydrogen) atoms. The molecule has 0 saturated carbocycles. The number of pyridine rings is 1. The van der Waals surface area contributed by atoms with Gasteiger partial charge in [-0.25, -0.2) is 4.98 Å². The number of rotatable bonds is 8. The first kappa shape index (κ1) is 20.9. The zero-order valence-corrected chi connectivity index (χ0v) is 18.5. The molecule has 1 saturated heterocycles. The van der Waals surface area contributed by atoms with Gasteiger partial charge in [-0.3, -0.25) is 4.79 Å². The molecule has 0 aliphatic carbocycles. The molecule has 4 rings (SSSR count). The van der Waals surface area contributed by atoms with Crippen LogP contribution in [0.3, 0.4) is 0 Å². The van der Waals surface area contributed by atoms with E-state index < -0.39 is 0 Å². The van der Waals surface area contributed by atoms with E-state index in [4.69, 9.17) is 4.52 Å². The highest BCUT2D eigenvalue weighted by molar-refractivity contribution is 7.99. The zero-order chi connectivity index (χ0) is 20.6. The first-order valence-corrected chi connectivity index (χ1v) is 12.4. The lowest BCUT2D eigenvalue weighted by Gasteiger charge is -2.21. The Balaban J connectivity index is 1.21. The van der Waals surface area contributed by atoms with Gasteiger partial charge in [0.1, 0.15) is 5.82 Å². The van der Waals surface area contributed by atoms with Crippen molar-refractivity contribution < 1.29 is 9.32 Å². The minimum absolute atomic E-state index is 0.0232. The van der Waals surface area contributed by atoms with E-state index in [1.54, 1.807) is 11.3 Å². The Morgan fingerprint density at radius 1 is 1.20 bits per heavy atom. The molecule has 0 radical (unpaired) electrons. The maximum absolute atomic E-state index is 12.2. The van der Waals surface area contributed by atoms with E-state index in [9.17, 15) is 4.79 Å². The molecule has 4 heterocycles. The van der Waals surface area contributed by atoms with Crippen LogP contribution in [0.15, 0.2) is 46.4 Å². The maximum atomic E-state index is 12.2. The summed E-state index contributed by atoms with van der Waals surface area (Å²) in [6.07, 6.45) is 6.88. The molecule has 3 aromatic heterocycles. The van der Waals surface area contributed by atoms with Crippen molar-refractivity contribution in [2.75, 3.05) is 23.7 Å². The van der Waals surface area contributed by atoms with E-state index in [2.05, 4.69) is 26.4 Å². The standard InChI is InChI=1S/C22H26N4O2S2/c27-22(16-29-15-18-13-19(28-25-18)20-6-5-11-30-20)24-14-17-7-8-23-21(12-17)26-9-3-1-2-4-10-26/h5-8,11-13H,1-4,9-10,14-16H2,(H,24,27). The van der Waals surface area contributed by atoms with Gasteiger partial charge < -0.3 is 14.7 Å². The van der Waals surface area contributed by atoms with Gasteiger partial charge in [0.05, 0.1) is 16.3 Å². The summed E-state index contributed by atoms with van der Waals surface area (Å²) in [6.45, 7) is 2.65. The summed E-state index contributed by atoms with van der Waals surface area (Å²) in [6, 6.07) is 10.0. The van der Waals surface area contributed by atoms with Gasteiger partial charge in [-0.1, -0.05) is 24.1 Å². The van der Waals surface area contributed by atoms with Crippen molar-refractivity contribution in [1.82, 2.24) is 15.5 Å². The molecule has 0 bridgehead atoms. The van der Waals surface area contributed by atoms with Crippen LogP contribution in [0, 0.1) is 0 Å². The number of thiophene rings is 1. The van der Waals surface area contributed by atoms with Crippen molar-refractivity contribution >= 4 is 34.8 Å². The molecular weight excluding hydrogens is 416 g/mol. The first-order valence-electron chi connectivity index (χ1n) is 10.3. The Bertz CT molecular complexity index is 934. The summed E-state index contributed by atoms with van der Waals surface area (Å²) >= 11 is 3.16. The van der Waals surface area contributed by atoms with Crippen LogP contribution < -0.4 is 10.2 Å². The smallest absolute Gasteiger partial charge is 0.230 e. The summed E-state index contributed by atoms with van der Waals surface area (Å²) in [5.41, 5.74) is 1.94. The van der Waals surface area contributed by atoms with Crippen LogP contribution in [-0.4, -0.2) is 34.9 Å². The largest absolute Gasteiger partial charge is 0.357 e. The Hall–Kier alpha value is -2.32. The quantitative estimate of drug-likeness (QED) is 0.544. The van der Waals surface area contributed by atoms with E-state index in [1.165, 1.54) is 37.4 Å². The van der Waals surface area contributed by atoms with Gasteiger partial charge in [0.15, 0.2) is 5.76 Å². The molecule has 158 valence electrons. The topological polar surface area (TPSA) is 71.3 Å². The van der Waals surface area contributed by atoms with Gasteiger partial charge in [0.25, 0.3) is 0 Å². The van der Waals surface area contributed by atoms with E-state index >= 15 is 0 Å². The van der Waals surface area contributed by atoms with Crippen molar-refractivity contribution in [2.45, 2.75) is 38.0 Å². The predicted octanol–water partition coefficient (Wildman–Crippen LogP) is 4.73. The summed E-state index contributed by atoms with van der Waals surface area (Å²) in [5, 5.41) is 9.11. The van der Waals surface area contributed by atoms with Gasteiger partial charge in [-0.2, -0.15) is 0 Å². The van der Waals surface area contributed by atoms with Crippen LogP contribution in [0.1, 0.15) is 36.9 Å². The van der Waals surface area contributed by atoms with Gasteiger partial charge in [-0.15, -0.1) is 23.1 Å². The number of anilines is 1. The van der Waals surface area contributed by atoms with E-state index in [0.717, 1.165) is 40.8 Å². The third-order valence-electron chi connectivity index (χ3n) is 5.04. The lowest BCUT2D eigenvalue weighted by Crippen LogP contribution is -2.26. The average Bonchev–Trinajstić information content (AvgIpc) is 3.39.